The van der Waals surface area contributed by atoms with Crippen molar-refractivity contribution in [2.24, 2.45) is 0 Å². The molecule has 0 spiro atoms. The molecule has 23 heavy (non-hydrogen) atoms. The SMILES string of the molecule is CC(C)(C)OC(=O)N1CC2COCC(C1)N2Cc1ccccc1. The van der Waals surface area contributed by atoms with E-state index in [1.807, 2.05) is 31.7 Å². The molecule has 1 amide bonds. The van der Waals surface area contributed by atoms with E-state index in [9.17, 15) is 4.79 Å². The first-order valence-electron chi connectivity index (χ1n) is 8.28. The molecule has 2 aliphatic heterocycles. The predicted octanol–water partition coefficient (Wildman–Crippen LogP) is 2.51. The molecular formula is C18H26N2O3. The van der Waals surface area contributed by atoms with Crippen LogP contribution in [0, 0.1) is 0 Å². The summed E-state index contributed by atoms with van der Waals surface area (Å²) in [6.45, 7) is 9.28. The highest BCUT2D eigenvalue weighted by atomic mass is 16.6. The monoisotopic (exact) mass is 318 g/mol. The number of carbonyl (C=O) groups excluding carboxylic acids is 1. The highest BCUT2D eigenvalue weighted by Crippen LogP contribution is 2.25. The van der Waals surface area contributed by atoms with E-state index in [0.717, 1.165) is 6.54 Å². The van der Waals surface area contributed by atoms with Crippen LogP contribution >= 0.6 is 0 Å². The van der Waals surface area contributed by atoms with Crippen LogP contribution in [0.25, 0.3) is 0 Å². The van der Waals surface area contributed by atoms with Gasteiger partial charge in [0.15, 0.2) is 0 Å². The second-order valence-electron chi connectivity index (χ2n) is 7.39. The highest BCUT2D eigenvalue weighted by Gasteiger charge is 2.40. The Kier molecular flexibility index (Phi) is 4.60. The third kappa shape index (κ3) is 4.03. The number of hydrogen-bond acceptors (Lipinski definition) is 4. The number of piperazine rings is 1. The number of amides is 1. The Morgan fingerprint density at radius 1 is 1.17 bits per heavy atom. The van der Waals surface area contributed by atoms with Gasteiger partial charge in [-0.2, -0.15) is 0 Å². The van der Waals surface area contributed by atoms with Crippen molar-refractivity contribution in [3.05, 3.63) is 35.9 Å². The number of ether oxygens (including phenoxy) is 2. The summed E-state index contributed by atoms with van der Waals surface area (Å²) in [4.78, 5) is 16.7. The average Bonchev–Trinajstić information content (AvgIpc) is 2.46. The summed E-state index contributed by atoms with van der Waals surface area (Å²) in [6.07, 6.45) is -0.214. The van der Waals surface area contributed by atoms with Crippen LogP contribution in [0.3, 0.4) is 0 Å². The molecule has 3 rings (SSSR count). The fourth-order valence-corrected chi connectivity index (χ4v) is 3.26. The van der Waals surface area contributed by atoms with Crippen LogP contribution in [0.5, 0.6) is 0 Å². The first-order valence-corrected chi connectivity index (χ1v) is 8.28. The molecule has 2 aliphatic rings. The Bertz CT molecular complexity index is 527. The van der Waals surface area contributed by atoms with E-state index in [2.05, 4.69) is 29.2 Å². The largest absolute Gasteiger partial charge is 0.444 e. The van der Waals surface area contributed by atoms with Crippen LogP contribution < -0.4 is 0 Å². The number of fused-ring (bicyclic) bond motifs is 2. The lowest BCUT2D eigenvalue weighted by Crippen LogP contribution is -2.65. The second kappa shape index (κ2) is 6.49. The molecule has 5 heteroatoms. The second-order valence-corrected chi connectivity index (χ2v) is 7.39. The zero-order chi connectivity index (χ0) is 16.4. The maximum Gasteiger partial charge on any atom is 0.410 e. The quantitative estimate of drug-likeness (QED) is 0.840. The number of benzene rings is 1. The molecule has 0 N–H and O–H groups in total. The molecule has 0 saturated carbocycles. The Balaban J connectivity index is 1.67. The highest BCUT2D eigenvalue weighted by molar-refractivity contribution is 5.68. The summed E-state index contributed by atoms with van der Waals surface area (Å²) in [6, 6.07) is 10.9. The smallest absolute Gasteiger partial charge is 0.410 e. The summed E-state index contributed by atoms with van der Waals surface area (Å²) in [5.74, 6) is 0. The molecule has 0 aromatic heterocycles. The molecule has 2 bridgehead atoms. The third-order valence-corrected chi connectivity index (χ3v) is 4.28. The van der Waals surface area contributed by atoms with Gasteiger partial charge in [-0.1, -0.05) is 30.3 Å². The summed E-state index contributed by atoms with van der Waals surface area (Å²) < 4.78 is 11.2. The van der Waals surface area contributed by atoms with Gasteiger partial charge in [0.25, 0.3) is 0 Å². The summed E-state index contributed by atoms with van der Waals surface area (Å²) in [5, 5.41) is 0. The lowest BCUT2D eigenvalue weighted by molar-refractivity contribution is -0.101. The van der Waals surface area contributed by atoms with E-state index in [4.69, 9.17) is 9.47 Å². The van der Waals surface area contributed by atoms with Crippen molar-refractivity contribution in [3.8, 4) is 0 Å². The van der Waals surface area contributed by atoms with Gasteiger partial charge in [0.05, 0.1) is 25.3 Å². The van der Waals surface area contributed by atoms with E-state index in [-0.39, 0.29) is 18.2 Å². The lowest BCUT2D eigenvalue weighted by Gasteiger charge is -2.49. The number of rotatable bonds is 2. The molecular weight excluding hydrogens is 292 g/mol. The molecule has 0 radical (unpaired) electrons. The standard InChI is InChI=1S/C18H26N2O3/c1-18(2,3)23-17(21)19-10-15-12-22-13-16(11-19)20(15)9-14-7-5-4-6-8-14/h4-8,15-16H,9-13H2,1-3H3. The van der Waals surface area contributed by atoms with Gasteiger partial charge >= 0.3 is 6.09 Å². The van der Waals surface area contributed by atoms with Gasteiger partial charge in [-0.3, -0.25) is 4.90 Å². The molecule has 1 aromatic rings. The van der Waals surface area contributed by atoms with E-state index in [0.29, 0.717) is 26.3 Å². The minimum atomic E-state index is -0.454. The van der Waals surface area contributed by atoms with E-state index < -0.39 is 5.60 Å². The van der Waals surface area contributed by atoms with Crippen molar-refractivity contribution in [1.29, 1.82) is 0 Å². The molecule has 2 saturated heterocycles. The number of nitrogens with zero attached hydrogens (tertiary/aromatic N) is 2. The van der Waals surface area contributed by atoms with Gasteiger partial charge in [0, 0.05) is 19.6 Å². The molecule has 2 atom stereocenters. The van der Waals surface area contributed by atoms with Crippen molar-refractivity contribution >= 4 is 6.09 Å². The van der Waals surface area contributed by atoms with Crippen molar-refractivity contribution in [1.82, 2.24) is 9.80 Å². The topological polar surface area (TPSA) is 42.0 Å². The Morgan fingerprint density at radius 2 is 1.78 bits per heavy atom. The van der Waals surface area contributed by atoms with E-state index in [1.54, 1.807) is 0 Å². The number of hydrogen-bond donors (Lipinski definition) is 0. The molecule has 1 aromatic carbocycles. The zero-order valence-electron chi connectivity index (χ0n) is 14.2. The van der Waals surface area contributed by atoms with Gasteiger partial charge in [0.1, 0.15) is 5.60 Å². The van der Waals surface area contributed by atoms with E-state index >= 15 is 0 Å². The van der Waals surface area contributed by atoms with Crippen molar-refractivity contribution in [3.63, 3.8) is 0 Å². The molecule has 2 unspecified atom stereocenters. The van der Waals surface area contributed by atoms with Crippen LogP contribution in [0.4, 0.5) is 4.79 Å². The maximum atomic E-state index is 12.4. The van der Waals surface area contributed by atoms with Gasteiger partial charge in [-0.05, 0) is 26.3 Å². The van der Waals surface area contributed by atoms with Crippen LogP contribution in [0.2, 0.25) is 0 Å². The van der Waals surface area contributed by atoms with Gasteiger partial charge in [-0.25, -0.2) is 4.79 Å². The fourth-order valence-electron chi connectivity index (χ4n) is 3.26. The molecule has 2 heterocycles. The molecule has 126 valence electrons. The van der Waals surface area contributed by atoms with Crippen molar-refractivity contribution in [2.45, 2.75) is 45.0 Å². The Labute approximate surface area is 138 Å². The first kappa shape index (κ1) is 16.3. The van der Waals surface area contributed by atoms with Crippen LogP contribution in [-0.2, 0) is 16.0 Å². The Hall–Kier alpha value is -1.59. The lowest BCUT2D eigenvalue weighted by atomic mass is 10.0. The third-order valence-electron chi connectivity index (χ3n) is 4.28. The fraction of sp³-hybridized carbons (Fsp3) is 0.611. The van der Waals surface area contributed by atoms with Crippen molar-refractivity contribution < 1.29 is 14.3 Å². The van der Waals surface area contributed by atoms with Gasteiger partial charge in [-0.15, -0.1) is 0 Å². The van der Waals surface area contributed by atoms with Gasteiger partial charge < -0.3 is 14.4 Å². The number of morpholine rings is 1. The minimum Gasteiger partial charge on any atom is -0.444 e. The summed E-state index contributed by atoms with van der Waals surface area (Å²) >= 11 is 0. The predicted molar refractivity (Wildman–Crippen MR) is 88.2 cm³/mol. The van der Waals surface area contributed by atoms with Crippen LogP contribution in [0.1, 0.15) is 26.3 Å². The van der Waals surface area contributed by atoms with Gasteiger partial charge in [0.2, 0.25) is 0 Å². The molecule has 5 nitrogen and oxygen atoms in total. The molecule has 0 aliphatic carbocycles. The molecule has 2 fully saturated rings. The summed E-state index contributed by atoms with van der Waals surface area (Å²) in [7, 11) is 0. The van der Waals surface area contributed by atoms with Crippen molar-refractivity contribution in [2.75, 3.05) is 26.3 Å². The number of carbonyl (C=O) groups is 1. The maximum absolute atomic E-state index is 12.4. The first-order chi connectivity index (χ1) is 10.9. The Morgan fingerprint density at radius 3 is 2.35 bits per heavy atom. The zero-order valence-corrected chi connectivity index (χ0v) is 14.2. The average molecular weight is 318 g/mol. The van der Waals surface area contributed by atoms with Crippen LogP contribution in [-0.4, -0.2) is 59.9 Å². The summed E-state index contributed by atoms with van der Waals surface area (Å²) in [5.41, 5.74) is 0.847. The minimum absolute atomic E-state index is 0.214. The van der Waals surface area contributed by atoms with Crippen LogP contribution in [0.15, 0.2) is 30.3 Å². The normalized spacial score (nSPS) is 25.3. The van der Waals surface area contributed by atoms with E-state index in [1.165, 1.54) is 5.56 Å².